The van der Waals surface area contributed by atoms with Gasteiger partial charge in [-0.15, -0.1) is 24.2 Å². The second kappa shape index (κ2) is 5.03. The molecule has 0 aliphatic heterocycles. The molecule has 0 aromatic heterocycles. The molecule has 0 bridgehead atoms. The highest BCUT2D eigenvalue weighted by atomic mass is 79.9. The first kappa shape index (κ1) is 11.1. The van der Waals surface area contributed by atoms with E-state index in [1.165, 1.54) is 0 Å². The average molecular weight is 280 g/mol. The summed E-state index contributed by atoms with van der Waals surface area (Å²) in [6.45, 7) is 0. The lowest BCUT2D eigenvalue weighted by Crippen LogP contribution is -2.03. The molecule has 1 aromatic rings. The largest absolute Gasteiger partial charge is 0.298 e. The zero-order chi connectivity index (χ0) is 9.84. The zero-order valence-electron chi connectivity index (χ0n) is 6.76. The Morgan fingerprint density at radius 1 is 1.46 bits per heavy atom. The molecule has 0 aliphatic carbocycles. The molecule has 1 aromatic carbocycles. The Kier molecular flexibility index (Phi) is 4.29. The fraction of sp³-hybridized carbons (Fsp3) is 0.222. The molecular formula is C9H8BrClOS. The van der Waals surface area contributed by atoms with Gasteiger partial charge in [0.25, 0.3) is 0 Å². The van der Waals surface area contributed by atoms with Crippen molar-refractivity contribution in [3.63, 3.8) is 0 Å². The van der Waals surface area contributed by atoms with Crippen molar-refractivity contribution in [2.45, 2.75) is 11.3 Å². The fourth-order valence-electron chi connectivity index (χ4n) is 1.01. The van der Waals surface area contributed by atoms with E-state index in [1.54, 1.807) is 0 Å². The first-order valence-corrected chi connectivity index (χ1v) is 5.45. The maximum absolute atomic E-state index is 11.0. The van der Waals surface area contributed by atoms with Crippen LogP contribution in [0.5, 0.6) is 0 Å². The number of ketones is 1. The summed E-state index contributed by atoms with van der Waals surface area (Å²) < 4.78 is 0.928. The second-order valence-corrected chi connectivity index (χ2v) is 4.37. The third-order valence-corrected chi connectivity index (χ3v) is 2.51. The molecule has 0 heterocycles. The zero-order valence-corrected chi connectivity index (χ0v) is 9.99. The molecule has 70 valence electrons. The van der Waals surface area contributed by atoms with E-state index < -0.39 is 0 Å². The van der Waals surface area contributed by atoms with Gasteiger partial charge in [0, 0.05) is 15.8 Å². The van der Waals surface area contributed by atoms with Crippen molar-refractivity contribution >= 4 is 45.9 Å². The number of alkyl halides is 1. The Balaban J connectivity index is 2.83. The highest BCUT2D eigenvalue weighted by Crippen LogP contribution is 2.18. The molecule has 0 amide bonds. The molecule has 0 radical (unpaired) electrons. The van der Waals surface area contributed by atoms with Crippen LogP contribution in [0.25, 0.3) is 0 Å². The lowest BCUT2D eigenvalue weighted by Gasteiger charge is -2.01. The van der Waals surface area contributed by atoms with Crippen molar-refractivity contribution in [3.05, 3.63) is 28.2 Å². The fourth-order valence-corrected chi connectivity index (χ4v) is 2.13. The van der Waals surface area contributed by atoms with E-state index in [0.717, 1.165) is 14.9 Å². The van der Waals surface area contributed by atoms with Crippen molar-refractivity contribution in [3.8, 4) is 0 Å². The number of hydrogen-bond donors (Lipinski definition) is 1. The van der Waals surface area contributed by atoms with Crippen molar-refractivity contribution < 1.29 is 4.79 Å². The molecular weight excluding hydrogens is 272 g/mol. The number of benzene rings is 1. The quantitative estimate of drug-likeness (QED) is 0.665. The summed E-state index contributed by atoms with van der Waals surface area (Å²) in [6.07, 6.45) is 0.372. The highest BCUT2D eigenvalue weighted by Gasteiger charge is 2.03. The molecule has 13 heavy (non-hydrogen) atoms. The Morgan fingerprint density at radius 2 is 2.15 bits per heavy atom. The molecule has 0 unspecified atom stereocenters. The summed E-state index contributed by atoms with van der Waals surface area (Å²) >= 11 is 12.9. The lowest BCUT2D eigenvalue weighted by atomic mass is 10.1. The third kappa shape index (κ3) is 3.71. The van der Waals surface area contributed by atoms with Gasteiger partial charge in [-0.3, -0.25) is 4.79 Å². The summed E-state index contributed by atoms with van der Waals surface area (Å²) in [4.78, 5) is 11.9. The minimum absolute atomic E-state index is 0.0208. The van der Waals surface area contributed by atoms with Crippen LogP contribution >= 0.6 is 40.2 Å². The van der Waals surface area contributed by atoms with Gasteiger partial charge in [-0.2, -0.15) is 0 Å². The van der Waals surface area contributed by atoms with E-state index in [2.05, 4.69) is 28.6 Å². The van der Waals surface area contributed by atoms with Crippen molar-refractivity contribution in [1.29, 1.82) is 0 Å². The van der Waals surface area contributed by atoms with Crippen LogP contribution < -0.4 is 0 Å². The van der Waals surface area contributed by atoms with Crippen LogP contribution in [0.4, 0.5) is 0 Å². The van der Waals surface area contributed by atoms with Crippen LogP contribution in [0, 0.1) is 0 Å². The van der Waals surface area contributed by atoms with Gasteiger partial charge in [-0.05, 0) is 23.8 Å². The maximum Gasteiger partial charge on any atom is 0.151 e. The number of Topliss-reactive ketones (excluding diaryl/α,β-unsaturated/α-hetero) is 1. The molecule has 1 rings (SSSR count). The summed E-state index contributed by atoms with van der Waals surface area (Å²) in [7, 11) is 0. The van der Waals surface area contributed by atoms with E-state index >= 15 is 0 Å². The van der Waals surface area contributed by atoms with Gasteiger partial charge in [0.1, 0.15) is 0 Å². The minimum Gasteiger partial charge on any atom is -0.298 e. The Morgan fingerprint density at radius 3 is 2.69 bits per heavy atom. The summed E-state index contributed by atoms with van der Waals surface area (Å²) in [5, 5.41) is 0. The van der Waals surface area contributed by atoms with Gasteiger partial charge in [0.05, 0.1) is 5.88 Å². The molecule has 0 saturated carbocycles. The molecule has 0 fully saturated rings. The average Bonchev–Trinajstić information content (AvgIpc) is 2.02. The van der Waals surface area contributed by atoms with Gasteiger partial charge < -0.3 is 0 Å². The predicted molar refractivity (Wildman–Crippen MR) is 60.8 cm³/mol. The molecule has 4 heteroatoms. The molecule has 0 aliphatic rings. The van der Waals surface area contributed by atoms with E-state index in [1.807, 2.05) is 18.2 Å². The molecule has 0 saturated heterocycles. The Labute approximate surface area is 96.0 Å². The van der Waals surface area contributed by atoms with Gasteiger partial charge in [0.2, 0.25) is 0 Å². The number of thiol groups is 1. The molecule has 1 nitrogen and oxygen atoms in total. The van der Waals surface area contributed by atoms with Crippen molar-refractivity contribution in [2.24, 2.45) is 0 Å². The van der Waals surface area contributed by atoms with Crippen LogP contribution in [0.15, 0.2) is 27.6 Å². The van der Waals surface area contributed by atoms with Gasteiger partial charge in [0.15, 0.2) is 5.78 Å². The van der Waals surface area contributed by atoms with Gasteiger partial charge in [-0.1, -0.05) is 15.9 Å². The number of hydrogen-bond acceptors (Lipinski definition) is 2. The van der Waals surface area contributed by atoms with Crippen molar-refractivity contribution in [1.82, 2.24) is 0 Å². The SMILES string of the molecule is O=C(CCl)Cc1cc(S)cc(Br)c1. The lowest BCUT2D eigenvalue weighted by molar-refractivity contribution is -0.116. The van der Waals surface area contributed by atoms with Crippen molar-refractivity contribution in [2.75, 3.05) is 5.88 Å². The number of carbonyl (C=O) groups is 1. The van der Waals surface area contributed by atoms with Crippen LogP contribution in [-0.4, -0.2) is 11.7 Å². The maximum atomic E-state index is 11.0. The summed E-state index contributed by atoms with van der Waals surface area (Å²) in [5.74, 6) is 0.0847. The van der Waals surface area contributed by atoms with Gasteiger partial charge in [-0.25, -0.2) is 0 Å². The van der Waals surface area contributed by atoms with E-state index in [4.69, 9.17) is 11.6 Å². The molecule has 0 N–H and O–H groups in total. The third-order valence-electron chi connectivity index (χ3n) is 1.49. The first-order valence-electron chi connectivity index (χ1n) is 3.68. The molecule has 0 atom stereocenters. The van der Waals surface area contributed by atoms with E-state index in [-0.39, 0.29) is 11.7 Å². The minimum atomic E-state index is 0.0208. The predicted octanol–water partition coefficient (Wildman–Crippen LogP) is 3.09. The van der Waals surface area contributed by atoms with Crippen LogP contribution in [-0.2, 0) is 11.2 Å². The van der Waals surface area contributed by atoms with Crippen LogP contribution in [0.2, 0.25) is 0 Å². The normalized spacial score (nSPS) is 10.1. The van der Waals surface area contributed by atoms with E-state index in [9.17, 15) is 4.79 Å². The number of carbonyl (C=O) groups excluding carboxylic acids is 1. The monoisotopic (exact) mass is 278 g/mol. The number of halogens is 2. The molecule has 0 spiro atoms. The van der Waals surface area contributed by atoms with Crippen LogP contribution in [0.3, 0.4) is 0 Å². The Bertz CT molecular complexity index is 307. The van der Waals surface area contributed by atoms with E-state index in [0.29, 0.717) is 6.42 Å². The smallest absolute Gasteiger partial charge is 0.151 e. The Hall–Kier alpha value is 0.01000. The standard InChI is InChI=1S/C9H8BrClOS/c10-7-1-6(2-8(12)5-11)3-9(13)4-7/h1,3-4,13H,2,5H2. The van der Waals surface area contributed by atoms with Gasteiger partial charge >= 0.3 is 0 Å². The number of rotatable bonds is 3. The second-order valence-electron chi connectivity index (χ2n) is 2.67. The topological polar surface area (TPSA) is 17.1 Å². The summed E-state index contributed by atoms with van der Waals surface area (Å²) in [6, 6.07) is 5.63. The van der Waals surface area contributed by atoms with Crippen LogP contribution in [0.1, 0.15) is 5.56 Å². The highest BCUT2D eigenvalue weighted by molar-refractivity contribution is 9.10. The first-order chi connectivity index (χ1) is 6.11. The summed E-state index contributed by atoms with van der Waals surface area (Å²) in [5.41, 5.74) is 0.935.